The van der Waals surface area contributed by atoms with Crippen LogP contribution in [-0.4, -0.2) is 17.6 Å². The van der Waals surface area contributed by atoms with E-state index in [0.717, 1.165) is 0 Å². The second-order valence-corrected chi connectivity index (χ2v) is 4.18. The molecule has 0 radical (unpaired) electrons. The molecule has 0 aromatic heterocycles. The Kier molecular flexibility index (Phi) is 4.71. The molecule has 2 aromatic rings. The van der Waals surface area contributed by atoms with E-state index in [0.29, 0.717) is 22.4 Å². The average Bonchev–Trinajstić information content (AvgIpc) is 2.53. The second-order valence-electron chi connectivity index (χ2n) is 4.18. The zero-order valence-electron chi connectivity index (χ0n) is 11.1. The lowest BCUT2D eigenvalue weighted by atomic mass is 10.1. The molecule has 1 amide bonds. The minimum absolute atomic E-state index is 0.207. The number of amides is 1. The molecule has 0 aliphatic rings. The Morgan fingerprint density at radius 1 is 1.14 bits per heavy atom. The molecule has 21 heavy (non-hydrogen) atoms. The largest absolute Gasteiger partial charge is 0.384 e. The van der Waals surface area contributed by atoms with Crippen molar-refractivity contribution in [3.05, 3.63) is 65.2 Å². The molecule has 0 saturated carbocycles. The van der Waals surface area contributed by atoms with Crippen LogP contribution < -0.4 is 5.32 Å². The maximum Gasteiger partial charge on any atom is 0.255 e. The van der Waals surface area contributed by atoms with Crippen LogP contribution in [0.25, 0.3) is 0 Å². The maximum absolute atomic E-state index is 12.1. The normalized spacial score (nSPS) is 9.14. The van der Waals surface area contributed by atoms with Crippen LogP contribution in [0.15, 0.2) is 48.5 Å². The Bertz CT molecular complexity index is 747. The number of nitrogens with one attached hydrogen (secondary N) is 1. The van der Waals surface area contributed by atoms with Gasteiger partial charge in [0.15, 0.2) is 0 Å². The Balaban J connectivity index is 2.13. The van der Waals surface area contributed by atoms with E-state index >= 15 is 0 Å². The molecule has 0 bridgehead atoms. The molecule has 4 nitrogen and oxygen atoms in total. The summed E-state index contributed by atoms with van der Waals surface area (Å²) in [5.41, 5.74) is 2.31. The highest BCUT2D eigenvalue weighted by atomic mass is 16.2. The van der Waals surface area contributed by atoms with Gasteiger partial charge in [-0.1, -0.05) is 17.9 Å². The Hall–Kier alpha value is -3.08. The van der Waals surface area contributed by atoms with Crippen LogP contribution in [-0.2, 0) is 0 Å². The number of hydrogen-bond donors (Lipinski definition) is 2. The van der Waals surface area contributed by atoms with E-state index in [1.54, 1.807) is 48.5 Å². The number of rotatable bonds is 2. The van der Waals surface area contributed by atoms with Gasteiger partial charge in [0.1, 0.15) is 6.61 Å². The fraction of sp³-hybridized carbons (Fsp3) is 0.0588. The third kappa shape index (κ3) is 3.94. The molecule has 0 atom stereocenters. The van der Waals surface area contributed by atoms with Crippen molar-refractivity contribution in [2.45, 2.75) is 0 Å². The lowest BCUT2D eigenvalue weighted by molar-refractivity contribution is 0.102. The molecular weight excluding hydrogens is 264 g/mol. The highest BCUT2D eigenvalue weighted by Gasteiger charge is 2.06. The van der Waals surface area contributed by atoms with E-state index in [9.17, 15) is 4.79 Å². The summed E-state index contributed by atoms with van der Waals surface area (Å²) < 4.78 is 0. The molecule has 0 spiro atoms. The molecule has 4 heteroatoms. The predicted molar refractivity (Wildman–Crippen MR) is 79.5 cm³/mol. The van der Waals surface area contributed by atoms with Crippen LogP contribution in [0, 0.1) is 23.2 Å². The van der Waals surface area contributed by atoms with Crippen molar-refractivity contribution in [1.29, 1.82) is 5.26 Å². The van der Waals surface area contributed by atoms with Crippen molar-refractivity contribution in [2.75, 3.05) is 11.9 Å². The van der Waals surface area contributed by atoms with Crippen LogP contribution in [0.4, 0.5) is 5.69 Å². The SMILES string of the molecule is N#Cc1ccc(C(=O)Nc2cccc(C#CCO)c2)cc1. The number of nitrogens with zero attached hydrogens (tertiary/aromatic N) is 1. The second kappa shape index (κ2) is 6.91. The van der Waals surface area contributed by atoms with Crippen molar-refractivity contribution >= 4 is 11.6 Å². The van der Waals surface area contributed by atoms with Gasteiger partial charge in [0, 0.05) is 16.8 Å². The lowest BCUT2D eigenvalue weighted by Crippen LogP contribution is -2.11. The molecule has 0 fully saturated rings. The third-order valence-corrected chi connectivity index (χ3v) is 2.71. The number of hydrogen-bond acceptors (Lipinski definition) is 3. The number of aliphatic hydroxyl groups excluding tert-OH is 1. The quantitative estimate of drug-likeness (QED) is 0.825. The van der Waals surface area contributed by atoms with E-state index in [1.165, 1.54) is 0 Å². The van der Waals surface area contributed by atoms with Gasteiger partial charge in [-0.05, 0) is 42.5 Å². The van der Waals surface area contributed by atoms with Crippen LogP contribution in [0.3, 0.4) is 0 Å². The van der Waals surface area contributed by atoms with Gasteiger partial charge in [-0.15, -0.1) is 0 Å². The molecule has 2 aromatic carbocycles. The molecule has 2 rings (SSSR count). The van der Waals surface area contributed by atoms with Gasteiger partial charge < -0.3 is 10.4 Å². The lowest BCUT2D eigenvalue weighted by Gasteiger charge is -2.05. The molecule has 0 unspecified atom stereocenters. The van der Waals surface area contributed by atoms with Gasteiger partial charge >= 0.3 is 0 Å². The fourth-order valence-corrected chi connectivity index (χ4v) is 1.72. The summed E-state index contributed by atoms with van der Waals surface area (Å²) in [4.78, 5) is 12.1. The van der Waals surface area contributed by atoms with E-state index in [-0.39, 0.29) is 12.5 Å². The van der Waals surface area contributed by atoms with Crippen LogP contribution in [0.2, 0.25) is 0 Å². The summed E-state index contributed by atoms with van der Waals surface area (Å²) in [6.45, 7) is -0.207. The molecule has 0 saturated heterocycles. The zero-order chi connectivity index (χ0) is 15.1. The number of nitriles is 1. The van der Waals surface area contributed by atoms with Crippen molar-refractivity contribution in [1.82, 2.24) is 0 Å². The van der Waals surface area contributed by atoms with Gasteiger partial charge in [-0.2, -0.15) is 5.26 Å². The monoisotopic (exact) mass is 276 g/mol. The summed E-state index contributed by atoms with van der Waals surface area (Å²) in [5.74, 6) is 5.07. The molecule has 102 valence electrons. The Morgan fingerprint density at radius 2 is 1.90 bits per heavy atom. The first-order chi connectivity index (χ1) is 10.2. The fourth-order valence-electron chi connectivity index (χ4n) is 1.72. The minimum atomic E-state index is -0.258. The van der Waals surface area contributed by atoms with E-state index in [1.807, 2.05) is 6.07 Å². The van der Waals surface area contributed by atoms with Crippen molar-refractivity contribution in [3.8, 4) is 17.9 Å². The number of anilines is 1. The Morgan fingerprint density at radius 3 is 2.57 bits per heavy atom. The summed E-state index contributed by atoms with van der Waals surface area (Å²) in [5, 5.41) is 20.2. The first-order valence-corrected chi connectivity index (χ1v) is 6.24. The average molecular weight is 276 g/mol. The maximum atomic E-state index is 12.1. The van der Waals surface area contributed by atoms with E-state index in [2.05, 4.69) is 17.2 Å². The van der Waals surface area contributed by atoms with Gasteiger partial charge in [-0.25, -0.2) is 0 Å². The van der Waals surface area contributed by atoms with Gasteiger partial charge in [-0.3, -0.25) is 4.79 Å². The first kappa shape index (κ1) is 14.3. The van der Waals surface area contributed by atoms with Crippen molar-refractivity contribution in [3.63, 3.8) is 0 Å². The minimum Gasteiger partial charge on any atom is -0.384 e. The van der Waals surface area contributed by atoms with Crippen LogP contribution in [0.1, 0.15) is 21.5 Å². The third-order valence-electron chi connectivity index (χ3n) is 2.71. The standard InChI is InChI=1S/C17H12N2O2/c18-12-14-6-8-15(9-7-14)17(21)19-16-5-1-3-13(11-16)4-2-10-20/h1,3,5-9,11,20H,10H2,(H,19,21). The number of aliphatic hydroxyl groups is 1. The molecule has 2 N–H and O–H groups in total. The number of benzene rings is 2. The zero-order valence-corrected chi connectivity index (χ0v) is 11.1. The van der Waals surface area contributed by atoms with E-state index in [4.69, 9.17) is 10.4 Å². The summed E-state index contributed by atoms with van der Waals surface area (Å²) in [6.07, 6.45) is 0. The highest BCUT2D eigenvalue weighted by Crippen LogP contribution is 2.12. The number of carbonyl (C=O) groups excluding carboxylic acids is 1. The van der Waals surface area contributed by atoms with Gasteiger partial charge in [0.05, 0.1) is 11.6 Å². The van der Waals surface area contributed by atoms with Gasteiger partial charge in [0.2, 0.25) is 0 Å². The van der Waals surface area contributed by atoms with Crippen LogP contribution in [0.5, 0.6) is 0 Å². The molecule has 0 aliphatic heterocycles. The highest BCUT2D eigenvalue weighted by molar-refractivity contribution is 6.04. The molecule has 0 aliphatic carbocycles. The predicted octanol–water partition coefficient (Wildman–Crippen LogP) is 2.15. The smallest absolute Gasteiger partial charge is 0.255 e. The van der Waals surface area contributed by atoms with Crippen molar-refractivity contribution < 1.29 is 9.90 Å². The summed E-state index contributed by atoms with van der Waals surface area (Å²) in [7, 11) is 0. The summed E-state index contributed by atoms with van der Waals surface area (Å²) in [6, 6.07) is 15.4. The van der Waals surface area contributed by atoms with E-state index < -0.39 is 0 Å². The molecule has 0 heterocycles. The van der Waals surface area contributed by atoms with Gasteiger partial charge in [0.25, 0.3) is 5.91 Å². The summed E-state index contributed by atoms with van der Waals surface area (Å²) >= 11 is 0. The van der Waals surface area contributed by atoms with Crippen molar-refractivity contribution in [2.24, 2.45) is 0 Å². The molecular formula is C17H12N2O2. The van der Waals surface area contributed by atoms with Crippen LogP contribution >= 0.6 is 0 Å². The Labute approximate surface area is 122 Å². The topological polar surface area (TPSA) is 73.1 Å². The number of carbonyl (C=O) groups is 1. The first-order valence-electron chi connectivity index (χ1n) is 6.24.